The number of hydrogen-bond acceptors (Lipinski definition) is 2. The molecule has 0 atom stereocenters. The molecule has 0 amide bonds. The number of halogens is 3. The summed E-state index contributed by atoms with van der Waals surface area (Å²) < 4.78 is 20.0. The van der Waals surface area contributed by atoms with Crippen molar-refractivity contribution in [3.05, 3.63) is 56.7 Å². The minimum absolute atomic E-state index is 0.290. The van der Waals surface area contributed by atoms with Crippen LogP contribution in [0.5, 0.6) is 5.75 Å². The van der Waals surface area contributed by atoms with Gasteiger partial charge in [0.1, 0.15) is 18.2 Å². The minimum atomic E-state index is -0.290. The molecule has 0 aromatic heterocycles. The lowest BCUT2D eigenvalue weighted by molar-refractivity contribution is 0.307. The third-order valence-corrected chi connectivity index (χ3v) is 3.45. The number of anilines is 1. The first-order valence-electron chi connectivity index (χ1n) is 5.18. The minimum Gasteiger partial charge on any atom is -0.487 e. The summed E-state index contributed by atoms with van der Waals surface area (Å²) in [7, 11) is 0. The predicted octanol–water partition coefficient (Wildman–Crippen LogP) is 4.51. The van der Waals surface area contributed by atoms with Gasteiger partial charge in [0.25, 0.3) is 0 Å². The summed E-state index contributed by atoms with van der Waals surface area (Å²) >= 11 is 6.46. The third-order valence-electron chi connectivity index (χ3n) is 2.35. The fourth-order valence-corrected chi connectivity index (χ4v) is 2.25. The maximum atomic E-state index is 13.1. The van der Waals surface area contributed by atoms with E-state index in [9.17, 15) is 4.39 Å². The Labute approximate surface area is 121 Å². The van der Waals surface area contributed by atoms with Crippen LogP contribution in [0.25, 0.3) is 0 Å². The molecule has 2 aromatic rings. The highest BCUT2D eigenvalue weighted by Crippen LogP contribution is 2.26. The molecule has 0 unspecified atom stereocenters. The number of nitrogen functional groups attached to an aromatic ring is 1. The van der Waals surface area contributed by atoms with Crippen LogP contribution < -0.4 is 10.5 Å². The first kappa shape index (κ1) is 13.4. The highest BCUT2D eigenvalue weighted by Gasteiger charge is 2.04. The highest BCUT2D eigenvalue weighted by molar-refractivity contribution is 9.10. The third kappa shape index (κ3) is 3.23. The SMILES string of the molecule is Nc1cc(Br)ccc1OCc1ccc(F)c(Br)c1. The van der Waals surface area contributed by atoms with Gasteiger partial charge in [0.05, 0.1) is 10.2 Å². The average molecular weight is 375 g/mol. The zero-order chi connectivity index (χ0) is 13.1. The number of rotatable bonds is 3. The number of benzene rings is 2. The Balaban J connectivity index is 2.09. The van der Waals surface area contributed by atoms with Crippen molar-refractivity contribution in [3.63, 3.8) is 0 Å². The van der Waals surface area contributed by atoms with Crippen molar-refractivity contribution >= 4 is 37.5 Å². The van der Waals surface area contributed by atoms with Crippen LogP contribution in [0.1, 0.15) is 5.56 Å². The molecule has 0 spiro atoms. The second-order valence-electron chi connectivity index (χ2n) is 3.72. The molecule has 0 aliphatic rings. The van der Waals surface area contributed by atoms with E-state index < -0.39 is 0 Å². The van der Waals surface area contributed by atoms with Crippen LogP contribution in [0.4, 0.5) is 10.1 Å². The van der Waals surface area contributed by atoms with E-state index in [4.69, 9.17) is 10.5 Å². The van der Waals surface area contributed by atoms with Gasteiger partial charge in [-0.25, -0.2) is 4.39 Å². The van der Waals surface area contributed by atoms with Crippen LogP contribution in [0.3, 0.4) is 0 Å². The van der Waals surface area contributed by atoms with Crippen LogP contribution in [0.2, 0.25) is 0 Å². The quantitative estimate of drug-likeness (QED) is 0.802. The standard InChI is InChI=1S/C13H10Br2FNO/c14-9-2-4-13(12(17)6-9)18-7-8-1-3-11(16)10(15)5-8/h1-6H,7,17H2. The maximum Gasteiger partial charge on any atom is 0.142 e. The largest absolute Gasteiger partial charge is 0.487 e. The van der Waals surface area contributed by atoms with Crippen LogP contribution in [-0.2, 0) is 6.61 Å². The van der Waals surface area contributed by atoms with Crippen molar-refractivity contribution in [2.75, 3.05) is 5.73 Å². The van der Waals surface area contributed by atoms with Gasteiger partial charge in [-0.05, 0) is 51.8 Å². The Bertz CT molecular complexity index is 575. The lowest BCUT2D eigenvalue weighted by Crippen LogP contribution is -1.99. The Morgan fingerprint density at radius 3 is 2.56 bits per heavy atom. The molecular weight excluding hydrogens is 365 g/mol. The van der Waals surface area contributed by atoms with Crippen molar-refractivity contribution in [1.82, 2.24) is 0 Å². The van der Waals surface area contributed by atoms with E-state index in [1.807, 2.05) is 6.07 Å². The van der Waals surface area contributed by atoms with Gasteiger partial charge < -0.3 is 10.5 Å². The Kier molecular flexibility index (Phi) is 4.24. The highest BCUT2D eigenvalue weighted by atomic mass is 79.9. The number of nitrogens with two attached hydrogens (primary N) is 1. The van der Waals surface area contributed by atoms with E-state index in [0.717, 1.165) is 10.0 Å². The maximum absolute atomic E-state index is 13.1. The van der Waals surface area contributed by atoms with Crippen molar-refractivity contribution in [2.24, 2.45) is 0 Å². The van der Waals surface area contributed by atoms with Crippen LogP contribution in [0.15, 0.2) is 45.3 Å². The molecule has 0 aliphatic carbocycles. The topological polar surface area (TPSA) is 35.2 Å². The number of hydrogen-bond donors (Lipinski definition) is 1. The van der Waals surface area contributed by atoms with Crippen molar-refractivity contribution in [1.29, 1.82) is 0 Å². The van der Waals surface area contributed by atoms with Crippen LogP contribution >= 0.6 is 31.9 Å². The Morgan fingerprint density at radius 2 is 1.89 bits per heavy atom. The van der Waals surface area contributed by atoms with Gasteiger partial charge in [0.2, 0.25) is 0 Å². The second-order valence-corrected chi connectivity index (χ2v) is 5.49. The van der Waals surface area contributed by atoms with E-state index in [0.29, 0.717) is 22.5 Å². The summed E-state index contributed by atoms with van der Waals surface area (Å²) in [4.78, 5) is 0. The van der Waals surface area contributed by atoms with Crippen molar-refractivity contribution in [3.8, 4) is 5.75 Å². The van der Waals surface area contributed by atoms with E-state index >= 15 is 0 Å². The van der Waals surface area contributed by atoms with Gasteiger partial charge in [-0.2, -0.15) is 0 Å². The molecule has 2 N–H and O–H groups in total. The smallest absolute Gasteiger partial charge is 0.142 e. The molecule has 0 radical (unpaired) electrons. The molecule has 0 fully saturated rings. The van der Waals surface area contributed by atoms with E-state index in [1.165, 1.54) is 6.07 Å². The second kappa shape index (κ2) is 5.71. The van der Waals surface area contributed by atoms with Crippen LogP contribution in [-0.4, -0.2) is 0 Å². The molecule has 0 aliphatic heterocycles. The lowest BCUT2D eigenvalue weighted by Gasteiger charge is -2.09. The molecule has 0 saturated carbocycles. The van der Waals surface area contributed by atoms with Gasteiger partial charge in [-0.1, -0.05) is 22.0 Å². The molecule has 0 heterocycles. The van der Waals surface area contributed by atoms with Crippen molar-refractivity contribution < 1.29 is 9.13 Å². The van der Waals surface area contributed by atoms with Crippen LogP contribution in [0, 0.1) is 5.82 Å². The predicted molar refractivity (Wildman–Crippen MR) is 77.0 cm³/mol. The van der Waals surface area contributed by atoms with Crippen molar-refractivity contribution in [2.45, 2.75) is 6.61 Å². The summed E-state index contributed by atoms with van der Waals surface area (Å²) in [6, 6.07) is 10.2. The summed E-state index contributed by atoms with van der Waals surface area (Å²) in [6.07, 6.45) is 0. The summed E-state index contributed by atoms with van der Waals surface area (Å²) in [5.74, 6) is 0.320. The lowest BCUT2D eigenvalue weighted by atomic mass is 10.2. The van der Waals surface area contributed by atoms with Gasteiger partial charge in [0, 0.05) is 4.47 Å². The Morgan fingerprint density at radius 1 is 1.11 bits per heavy atom. The Hall–Kier alpha value is -1.07. The fraction of sp³-hybridized carbons (Fsp3) is 0.0769. The first-order chi connectivity index (χ1) is 8.56. The normalized spacial score (nSPS) is 10.4. The number of ether oxygens (including phenoxy) is 1. The van der Waals surface area contributed by atoms with E-state index in [1.54, 1.807) is 24.3 Å². The van der Waals surface area contributed by atoms with Gasteiger partial charge in [0.15, 0.2) is 0 Å². The monoisotopic (exact) mass is 373 g/mol. The average Bonchev–Trinajstić information content (AvgIpc) is 2.32. The molecule has 2 aromatic carbocycles. The molecule has 2 nitrogen and oxygen atoms in total. The summed E-state index contributed by atoms with van der Waals surface area (Å²) in [5.41, 5.74) is 7.24. The zero-order valence-electron chi connectivity index (χ0n) is 9.29. The molecule has 2 rings (SSSR count). The summed E-state index contributed by atoms with van der Waals surface area (Å²) in [5, 5.41) is 0. The molecule has 0 saturated heterocycles. The van der Waals surface area contributed by atoms with Gasteiger partial charge in [-0.15, -0.1) is 0 Å². The first-order valence-corrected chi connectivity index (χ1v) is 6.76. The van der Waals surface area contributed by atoms with Gasteiger partial charge >= 0.3 is 0 Å². The summed E-state index contributed by atoms with van der Waals surface area (Å²) in [6.45, 7) is 0.338. The molecule has 94 valence electrons. The molecular formula is C13H10Br2FNO. The van der Waals surface area contributed by atoms with Gasteiger partial charge in [-0.3, -0.25) is 0 Å². The molecule has 18 heavy (non-hydrogen) atoms. The fourth-order valence-electron chi connectivity index (χ4n) is 1.44. The zero-order valence-corrected chi connectivity index (χ0v) is 12.5. The van der Waals surface area contributed by atoms with E-state index in [2.05, 4.69) is 31.9 Å². The molecule has 0 bridgehead atoms. The van der Waals surface area contributed by atoms with E-state index in [-0.39, 0.29) is 5.82 Å². The molecule has 5 heteroatoms.